The lowest BCUT2D eigenvalue weighted by Gasteiger charge is -2.17. The van der Waals surface area contributed by atoms with Crippen LogP contribution in [-0.4, -0.2) is 10.1 Å². The average molecular weight is 337 g/mol. The molecule has 2 aliphatic carbocycles. The molecule has 4 rings (SSSR count). The summed E-state index contributed by atoms with van der Waals surface area (Å²) in [6.07, 6.45) is 0.182. The van der Waals surface area contributed by atoms with Gasteiger partial charge in [0.1, 0.15) is 0 Å². The van der Waals surface area contributed by atoms with Gasteiger partial charge in [0, 0.05) is 5.92 Å². The van der Waals surface area contributed by atoms with Crippen LogP contribution in [0.15, 0.2) is 28.8 Å². The van der Waals surface area contributed by atoms with Crippen molar-refractivity contribution in [3.05, 3.63) is 47.1 Å². The van der Waals surface area contributed by atoms with Crippen LogP contribution in [0.3, 0.4) is 0 Å². The third kappa shape index (κ3) is 2.70. The van der Waals surface area contributed by atoms with E-state index in [9.17, 15) is 13.2 Å². The van der Waals surface area contributed by atoms with Gasteiger partial charge in [-0.25, -0.2) is 0 Å². The summed E-state index contributed by atoms with van der Waals surface area (Å²) in [5, 5.41) is 4.03. The van der Waals surface area contributed by atoms with Gasteiger partial charge in [-0.05, 0) is 36.8 Å². The molecule has 0 amide bonds. The van der Waals surface area contributed by atoms with Gasteiger partial charge < -0.3 is 10.3 Å². The van der Waals surface area contributed by atoms with Crippen LogP contribution in [-0.2, 0) is 11.7 Å². The highest BCUT2D eigenvalue weighted by Gasteiger charge is 2.46. The summed E-state index contributed by atoms with van der Waals surface area (Å²) in [4.78, 5) is 4.45. The summed E-state index contributed by atoms with van der Waals surface area (Å²) in [5.74, 6) is 1.01. The molecule has 2 atom stereocenters. The van der Waals surface area contributed by atoms with Gasteiger partial charge in [0.2, 0.25) is 5.89 Å². The van der Waals surface area contributed by atoms with Gasteiger partial charge >= 0.3 is 6.18 Å². The zero-order chi connectivity index (χ0) is 16.9. The zero-order valence-corrected chi connectivity index (χ0v) is 13.0. The number of nitrogens with zero attached hydrogens (tertiary/aromatic N) is 2. The first kappa shape index (κ1) is 15.6. The summed E-state index contributed by atoms with van der Waals surface area (Å²) in [5.41, 5.74) is 5.85. The maximum atomic E-state index is 12.8. The van der Waals surface area contributed by atoms with Crippen molar-refractivity contribution < 1.29 is 17.7 Å². The van der Waals surface area contributed by atoms with E-state index >= 15 is 0 Å². The molecule has 2 aromatic rings. The number of hydrogen-bond donors (Lipinski definition) is 1. The number of alkyl halides is 3. The molecule has 0 saturated heterocycles. The second-order valence-electron chi connectivity index (χ2n) is 6.89. The molecule has 2 aliphatic rings. The Morgan fingerprint density at radius 1 is 1.17 bits per heavy atom. The summed E-state index contributed by atoms with van der Waals surface area (Å²) in [6, 6.07) is 5.46. The van der Waals surface area contributed by atoms with Gasteiger partial charge in [0.25, 0.3) is 0 Å². The van der Waals surface area contributed by atoms with Crippen molar-refractivity contribution in [1.29, 1.82) is 0 Å². The Bertz CT molecular complexity index is 750. The van der Waals surface area contributed by atoms with Gasteiger partial charge in [-0.2, -0.15) is 18.2 Å². The van der Waals surface area contributed by atoms with E-state index in [1.54, 1.807) is 6.07 Å². The Kier molecular flexibility index (Phi) is 3.46. The maximum Gasteiger partial charge on any atom is 0.416 e. The molecule has 2 unspecified atom stereocenters. The molecule has 0 spiro atoms. The van der Waals surface area contributed by atoms with Crippen molar-refractivity contribution in [3.63, 3.8) is 0 Å². The first-order chi connectivity index (χ1) is 11.4. The Balaban J connectivity index is 1.52. The van der Waals surface area contributed by atoms with Crippen LogP contribution in [0.4, 0.5) is 13.2 Å². The smallest absolute Gasteiger partial charge is 0.339 e. The molecule has 2 fully saturated rings. The molecule has 24 heavy (non-hydrogen) atoms. The van der Waals surface area contributed by atoms with Crippen LogP contribution >= 0.6 is 0 Å². The molecule has 128 valence electrons. The molecule has 4 nitrogen and oxygen atoms in total. The van der Waals surface area contributed by atoms with Crippen LogP contribution in [0, 0.1) is 0 Å². The number of halogens is 3. The fourth-order valence-electron chi connectivity index (χ4n) is 3.60. The molecule has 0 radical (unpaired) electrons. The fourth-order valence-corrected chi connectivity index (χ4v) is 3.60. The van der Waals surface area contributed by atoms with Gasteiger partial charge in [0.05, 0.1) is 11.1 Å². The predicted molar refractivity (Wildman–Crippen MR) is 80.2 cm³/mol. The van der Waals surface area contributed by atoms with Gasteiger partial charge in [-0.1, -0.05) is 36.2 Å². The van der Waals surface area contributed by atoms with E-state index in [1.165, 1.54) is 12.1 Å². The molecule has 2 saturated carbocycles. The number of nitrogens with two attached hydrogens (primary N) is 1. The molecule has 0 aliphatic heterocycles. The van der Waals surface area contributed by atoms with Crippen molar-refractivity contribution >= 4 is 0 Å². The lowest BCUT2D eigenvalue weighted by molar-refractivity contribution is -0.137. The van der Waals surface area contributed by atoms with Gasteiger partial charge in [0.15, 0.2) is 5.82 Å². The summed E-state index contributed by atoms with van der Waals surface area (Å²) in [7, 11) is 0. The van der Waals surface area contributed by atoms with E-state index < -0.39 is 17.3 Å². The molecule has 2 N–H and O–H groups in total. The number of hydrogen-bond acceptors (Lipinski definition) is 4. The maximum absolute atomic E-state index is 12.8. The standard InChI is InChI=1S/C17H18F3N3O/c18-17(19,20)11-5-3-4-10(8-11)12-9-13(12)14-22-15(23-24-14)16(21)6-1-2-7-16/h3-5,8,12-13H,1-2,6-7,9,21H2. The topological polar surface area (TPSA) is 64.9 Å². The first-order valence-corrected chi connectivity index (χ1v) is 8.17. The zero-order valence-electron chi connectivity index (χ0n) is 13.0. The van der Waals surface area contributed by atoms with Crippen molar-refractivity contribution in [1.82, 2.24) is 10.1 Å². The minimum absolute atomic E-state index is 0.00194. The van der Waals surface area contributed by atoms with Crippen LogP contribution in [0.5, 0.6) is 0 Å². The highest BCUT2D eigenvalue weighted by Crippen LogP contribution is 2.54. The first-order valence-electron chi connectivity index (χ1n) is 8.17. The van der Waals surface area contributed by atoms with Gasteiger partial charge in [-0.3, -0.25) is 0 Å². The third-order valence-electron chi connectivity index (χ3n) is 5.13. The normalized spacial score (nSPS) is 25.8. The van der Waals surface area contributed by atoms with E-state index in [-0.39, 0.29) is 11.8 Å². The highest BCUT2D eigenvalue weighted by molar-refractivity contribution is 5.35. The van der Waals surface area contributed by atoms with E-state index in [0.717, 1.165) is 38.2 Å². The highest BCUT2D eigenvalue weighted by atomic mass is 19.4. The Morgan fingerprint density at radius 3 is 2.62 bits per heavy atom. The van der Waals surface area contributed by atoms with Crippen LogP contribution in [0.1, 0.15) is 66.8 Å². The summed E-state index contributed by atoms with van der Waals surface area (Å²) >= 11 is 0. The lowest BCUT2D eigenvalue weighted by Crippen LogP contribution is -2.34. The van der Waals surface area contributed by atoms with Crippen LogP contribution in [0.2, 0.25) is 0 Å². The van der Waals surface area contributed by atoms with E-state index in [1.807, 2.05) is 0 Å². The Labute approximate surface area is 137 Å². The minimum atomic E-state index is -4.33. The van der Waals surface area contributed by atoms with E-state index in [4.69, 9.17) is 10.3 Å². The third-order valence-corrected chi connectivity index (χ3v) is 5.13. The van der Waals surface area contributed by atoms with Crippen LogP contribution in [0.25, 0.3) is 0 Å². The molecule has 1 heterocycles. The molecule has 1 aromatic carbocycles. The number of benzene rings is 1. The quantitative estimate of drug-likeness (QED) is 0.916. The van der Waals surface area contributed by atoms with Crippen molar-refractivity contribution in [2.75, 3.05) is 0 Å². The molecular formula is C17H18F3N3O. The summed E-state index contributed by atoms with van der Waals surface area (Å²) in [6.45, 7) is 0. The number of rotatable bonds is 3. The minimum Gasteiger partial charge on any atom is -0.339 e. The molecular weight excluding hydrogens is 319 g/mol. The Hall–Kier alpha value is -1.89. The number of aromatic nitrogens is 2. The van der Waals surface area contributed by atoms with E-state index in [2.05, 4.69) is 10.1 Å². The second-order valence-corrected chi connectivity index (χ2v) is 6.89. The SMILES string of the molecule is NC1(c2noc(C3CC3c3cccc(C(F)(F)F)c3)n2)CCCC1. The fraction of sp³-hybridized carbons (Fsp3) is 0.529. The predicted octanol–water partition coefficient (Wildman–Crippen LogP) is 4.09. The summed E-state index contributed by atoms with van der Waals surface area (Å²) < 4.78 is 43.9. The van der Waals surface area contributed by atoms with Crippen molar-refractivity contribution in [2.24, 2.45) is 5.73 Å². The van der Waals surface area contributed by atoms with Crippen molar-refractivity contribution in [2.45, 2.75) is 55.7 Å². The van der Waals surface area contributed by atoms with Crippen LogP contribution < -0.4 is 5.73 Å². The average Bonchev–Trinajstić information content (AvgIpc) is 2.96. The second kappa shape index (κ2) is 5.31. The lowest BCUT2D eigenvalue weighted by atomic mass is 9.99. The van der Waals surface area contributed by atoms with Crippen molar-refractivity contribution in [3.8, 4) is 0 Å². The monoisotopic (exact) mass is 337 g/mol. The van der Waals surface area contributed by atoms with Gasteiger partial charge in [-0.15, -0.1) is 0 Å². The Morgan fingerprint density at radius 2 is 1.92 bits per heavy atom. The van der Waals surface area contributed by atoms with E-state index in [0.29, 0.717) is 17.3 Å². The molecule has 0 bridgehead atoms. The molecule has 1 aromatic heterocycles. The largest absolute Gasteiger partial charge is 0.416 e. The molecule has 7 heteroatoms.